The predicted octanol–water partition coefficient (Wildman–Crippen LogP) is 3.97. The fourth-order valence-corrected chi connectivity index (χ4v) is 3.36. The first-order chi connectivity index (χ1) is 12.1. The summed E-state index contributed by atoms with van der Waals surface area (Å²) in [6.45, 7) is 8.38. The third-order valence-electron chi connectivity index (χ3n) is 5.63. The van der Waals surface area contributed by atoms with E-state index >= 15 is 0 Å². The molecule has 0 bridgehead atoms. The molecule has 2 aliphatic rings. The molecule has 26 heavy (non-hydrogen) atoms. The van der Waals surface area contributed by atoms with Gasteiger partial charge in [0.05, 0.1) is 18.3 Å². The molecule has 1 saturated heterocycles. The standard InChI is InChI=1S/C19H25BFNO4/c1-18(2)19(3,4)26-20(25-18)16-12-22(17(23)24-5)11-10-15(16)13-6-8-14(21)9-7-13/h6-11,15-16H,12H2,1-5H3/t15-,16+/m0/s1. The monoisotopic (exact) mass is 361 g/mol. The van der Waals surface area contributed by atoms with Crippen molar-refractivity contribution in [2.24, 2.45) is 0 Å². The first kappa shape index (κ1) is 18.9. The maximum absolute atomic E-state index is 13.3. The van der Waals surface area contributed by atoms with E-state index in [-0.39, 0.29) is 17.6 Å². The van der Waals surface area contributed by atoms with Gasteiger partial charge in [-0.3, -0.25) is 4.90 Å². The van der Waals surface area contributed by atoms with Crippen LogP contribution in [0.5, 0.6) is 0 Å². The second-order valence-electron chi connectivity index (χ2n) is 7.83. The smallest absolute Gasteiger partial charge is 0.452 e. The Kier molecular flexibility index (Phi) is 4.88. The van der Waals surface area contributed by atoms with Crippen LogP contribution in [0.4, 0.5) is 9.18 Å². The average molecular weight is 361 g/mol. The van der Waals surface area contributed by atoms with Crippen LogP contribution in [-0.2, 0) is 14.0 Å². The Balaban J connectivity index is 1.93. The van der Waals surface area contributed by atoms with E-state index < -0.39 is 24.4 Å². The third kappa shape index (κ3) is 3.38. The Morgan fingerprint density at radius 3 is 2.31 bits per heavy atom. The molecule has 0 saturated carbocycles. The minimum Gasteiger partial charge on any atom is -0.452 e. The van der Waals surface area contributed by atoms with Gasteiger partial charge in [-0.15, -0.1) is 0 Å². The molecule has 0 aromatic heterocycles. The number of halogens is 1. The van der Waals surface area contributed by atoms with Gasteiger partial charge in [-0.05, 0) is 45.4 Å². The number of hydrogen-bond donors (Lipinski definition) is 0. The van der Waals surface area contributed by atoms with Crippen LogP contribution >= 0.6 is 0 Å². The summed E-state index contributed by atoms with van der Waals surface area (Å²) < 4.78 is 30.6. The molecule has 140 valence electrons. The quantitative estimate of drug-likeness (QED) is 0.748. The molecule has 0 radical (unpaired) electrons. The molecular formula is C19H25BFNO4. The van der Waals surface area contributed by atoms with Crippen LogP contribution in [-0.4, -0.2) is 43.0 Å². The molecule has 1 amide bonds. The van der Waals surface area contributed by atoms with Crippen LogP contribution in [0.2, 0.25) is 5.82 Å². The van der Waals surface area contributed by atoms with Crippen LogP contribution in [0.1, 0.15) is 39.2 Å². The second kappa shape index (κ2) is 6.70. The summed E-state index contributed by atoms with van der Waals surface area (Å²) in [5, 5.41) is 0. The van der Waals surface area contributed by atoms with Crippen molar-refractivity contribution in [3.8, 4) is 0 Å². The number of nitrogens with zero attached hydrogens (tertiary/aromatic N) is 1. The zero-order valence-electron chi connectivity index (χ0n) is 15.9. The number of amides is 1. The third-order valence-corrected chi connectivity index (χ3v) is 5.63. The van der Waals surface area contributed by atoms with Crippen molar-refractivity contribution >= 4 is 13.2 Å². The Morgan fingerprint density at radius 2 is 1.77 bits per heavy atom. The van der Waals surface area contributed by atoms with Gasteiger partial charge in [-0.25, -0.2) is 9.18 Å². The van der Waals surface area contributed by atoms with Crippen LogP contribution < -0.4 is 0 Å². The van der Waals surface area contributed by atoms with Gasteiger partial charge in [0.1, 0.15) is 5.82 Å². The number of ether oxygens (including phenoxy) is 1. The SMILES string of the molecule is COC(=O)N1C=C[C@@H](c2ccc(F)cc2)[C@H](B2OC(C)(C)C(C)(C)O2)C1. The summed E-state index contributed by atoms with van der Waals surface area (Å²) in [6, 6.07) is 6.40. The van der Waals surface area contributed by atoms with Crippen molar-refractivity contribution < 1.29 is 23.2 Å². The maximum atomic E-state index is 13.3. The van der Waals surface area contributed by atoms with Crippen LogP contribution in [0, 0.1) is 5.82 Å². The highest BCUT2D eigenvalue weighted by Crippen LogP contribution is 2.46. The highest BCUT2D eigenvalue weighted by atomic mass is 19.1. The molecule has 1 fully saturated rings. The van der Waals surface area contributed by atoms with Crippen molar-refractivity contribution in [1.82, 2.24) is 4.90 Å². The lowest BCUT2D eigenvalue weighted by molar-refractivity contribution is 0.00578. The van der Waals surface area contributed by atoms with Gasteiger partial charge in [0.25, 0.3) is 0 Å². The van der Waals surface area contributed by atoms with Crippen molar-refractivity contribution in [3.05, 3.63) is 47.9 Å². The number of hydrogen-bond acceptors (Lipinski definition) is 4. The lowest BCUT2D eigenvalue weighted by Crippen LogP contribution is -2.41. The van der Waals surface area contributed by atoms with Crippen molar-refractivity contribution in [2.45, 2.75) is 50.6 Å². The Bertz CT molecular complexity index is 688. The topological polar surface area (TPSA) is 48.0 Å². The van der Waals surface area contributed by atoms with Crippen molar-refractivity contribution in [3.63, 3.8) is 0 Å². The molecule has 3 rings (SSSR count). The average Bonchev–Trinajstić information content (AvgIpc) is 2.82. The van der Waals surface area contributed by atoms with E-state index in [1.165, 1.54) is 24.1 Å². The highest BCUT2D eigenvalue weighted by molar-refractivity contribution is 6.48. The van der Waals surface area contributed by atoms with Crippen molar-refractivity contribution in [1.29, 1.82) is 0 Å². The number of benzene rings is 1. The molecule has 1 aromatic rings. The normalized spacial score (nSPS) is 26.8. The van der Waals surface area contributed by atoms with E-state index in [1.807, 2.05) is 33.8 Å². The number of carbonyl (C=O) groups excluding carboxylic acids is 1. The van der Waals surface area contributed by atoms with Gasteiger partial charge >= 0.3 is 13.2 Å². The van der Waals surface area contributed by atoms with Gasteiger partial charge in [-0.2, -0.15) is 0 Å². The number of methoxy groups -OCH3 is 1. The molecule has 0 aliphatic carbocycles. The van der Waals surface area contributed by atoms with Gasteiger partial charge in [-0.1, -0.05) is 18.2 Å². The summed E-state index contributed by atoms with van der Waals surface area (Å²) >= 11 is 0. The number of allylic oxidation sites excluding steroid dienone is 1. The Morgan fingerprint density at radius 1 is 1.19 bits per heavy atom. The summed E-state index contributed by atoms with van der Waals surface area (Å²) in [5.41, 5.74) is 0.0109. The molecule has 5 nitrogen and oxygen atoms in total. The Hall–Kier alpha value is -1.86. The summed E-state index contributed by atoms with van der Waals surface area (Å²) in [4.78, 5) is 13.5. The number of rotatable bonds is 2. The van der Waals surface area contributed by atoms with E-state index in [0.29, 0.717) is 6.54 Å². The van der Waals surface area contributed by atoms with E-state index in [2.05, 4.69) is 0 Å². The summed E-state index contributed by atoms with van der Waals surface area (Å²) in [5.74, 6) is -0.492. The van der Waals surface area contributed by atoms with E-state index in [1.54, 1.807) is 18.3 Å². The molecule has 2 heterocycles. The van der Waals surface area contributed by atoms with Gasteiger partial charge in [0.2, 0.25) is 0 Å². The molecule has 0 N–H and O–H groups in total. The molecule has 1 aromatic carbocycles. The minimum atomic E-state index is -0.493. The molecular weight excluding hydrogens is 336 g/mol. The molecule has 2 atom stereocenters. The lowest BCUT2D eigenvalue weighted by Gasteiger charge is -2.34. The second-order valence-corrected chi connectivity index (χ2v) is 7.83. The zero-order valence-corrected chi connectivity index (χ0v) is 15.9. The Labute approximate surface area is 154 Å². The van der Waals surface area contributed by atoms with Crippen LogP contribution in [0.25, 0.3) is 0 Å². The largest absolute Gasteiger partial charge is 0.463 e. The maximum Gasteiger partial charge on any atom is 0.463 e. The minimum absolute atomic E-state index is 0.0637. The summed E-state index contributed by atoms with van der Waals surface area (Å²) in [7, 11) is 0.860. The van der Waals surface area contributed by atoms with E-state index in [9.17, 15) is 9.18 Å². The van der Waals surface area contributed by atoms with Crippen LogP contribution in [0.3, 0.4) is 0 Å². The first-order valence-electron chi connectivity index (χ1n) is 8.78. The molecule has 0 unspecified atom stereocenters. The van der Waals surface area contributed by atoms with Gasteiger partial charge in [0.15, 0.2) is 0 Å². The summed E-state index contributed by atoms with van der Waals surface area (Å²) in [6.07, 6.45) is 3.20. The van der Waals surface area contributed by atoms with Crippen LogP contribution in [0.15, 0.2) is 36.5 Å². The fourth-order valence-electron chi connectivity index (χ4n) is 3.36. The molecule has 7 heteroatoms. The molecule has 0 spiro atoms. The van der Waals surface area contributed by atoms with Crippen molar-refractivity contribution in [2.75, 3.05) is 13.7 Å². The zero-order chi connectivity index (χ0) is 19.1. The highest BCUT2D eigenvalue weighted by Gasteiger charge is 2.55. The van der Waals surface area contributed by atoms with E-state index in [0.717, 1.165) is 5.56 Å². The predicted molar refractivity (Wildman–Crippen MR) is 97.2 cm³/mol. The van der Waals surface area contributed by atoms with Gasteiger partial charge in [0, 0.05) is 24.5 Å². The fraction of sp³-hybridized carbons (Fsp3) is 0.526. The lowest BCUT2D eigenvalue weighted by atomic mass is 9.62. The number of carbonyl (C=O) groups is 1. The van der Waals surface area contributed by atoms with Gasteiger partial charge < -0.3 is 14.0 Å². The van der Waals surface area contributed by atoms with E-state index in [4.69, 9.17) is 14.0 Å². The first-order valence-corrected chi connectivity index (χ1v) is 8.78. The molecule has 2 aliphatic heterocycles.